The second-order valence-electron chi connectivity index (χ2n) is 6.42. The first-order valence-corrected chi connectivity index (χ1v) is 10.3. The van der Waals surface area contributed by atoms with Crippen molar-refractivity contribution in [3.63, 3.8) is 0 Å². The van der Waals surface area contributed by atoms with Crippen LogP contribution in [0.25, 0.3) is 0 Å². The van der Waals surface area contributed by atoms with Gasteiger partial charge in [-0.2, -0.15) is 0 Å². The second kappa shape index (κ2) is 8.84. The number of halogens is 1. The Morgan fingerprint density at radius 1 is 1.31 bits per heavy atom. The predicted molar refractivity (Wildman–Crippen MR) is 111 cm³/mol. The molecule has 154 valence electrons. The zero-order valence-electron chi connectivity index (χ0n) is 16.3. The van der Waals surface area contributed by atoms with E-state index in [0.717, 1.165) is 10.4 Å². The topological polar surface area (TPSA) is 84.9 Å². The highest BCUT2D eigenvalue weighted by molar-refractivity contribution is 7.17. The number of benzene rings is 1. The van der Waals surface area contributed by atoms with Gasteiger partial charge < -0.3 is 19.7 Å². The molecule has 0 aliphatic carbocycles. The molecule has 9 heteroatoms. The maximum Gasteiger partial charge on any atom is 0.341 e. The predicted octanol–water partition coefficient (Wildman–Crippen LogP) is 3.74. The molecule has 2 aromatic rings. The summed E-state index contributed by atoms with van der Waals surface area (Å²) in [5.74, 6) is -0.601. The van der Waals surface area contributed by atoms with E-state index in [4.69, 9.17) is 21.1 Å². The minimum atomic E-state index is -0.491. The number of anilines is 1. The molecule has 0 fully saturated rings. The van der Waals surface area contributed by atoms with E-state index < -0.39 is 11.9 Å². The number of ether oxygens (including phenoxy) is 2. The number of carbonyl (C=O) groups is 3. The molecule has 7 nitrogen and oxygen atoms in total. The highest BCUT2D eigenvalue weighted by Crippen LogP contribution is 2.38. The number of methoxy groups -OCH3 is 1. The van der Waals surface area contributed by atoms with Gasteiger partial charge in [0.05, 0.1) is 31.4 Å². The molecule has 0 radical (unpaired) electrons. The number of nitrogens with one attached hydrogen (secondary N) is 1. The van der Waals surface area contributed by atoms with Crippen molar-refractivity contribution in [2.45, 2.75) is 26.8 Å². The zero-order chi connectivity index (χ0) is 21.1. The Bertz CT molecular complexity index is 972. The highest BCUT2D eigenvalue weighted by atomic mass is 35.5. The molecule has 0 atom stereocenters. The van der Waals surface area contributed by atoms with Crippen LogP contribution >= 0.6 is 22.9 Å². The third-order valence-corrected chi connectivity index (χ3v) is 5.98. The van der Waals surface area contributed by atoms with E-state index >= 15 is 0 Å². The average Bonchev–Trinajstić information content (AvgIpc) is 3.04. The molecule has 2 heterocycles. The zero-order valence-corrected chi connectivity index (χ0v) is 17.9. The Kier molecular flexibility index (Phi) is 6.44. The van der Waals surface area contributed by atoms with Gasteiger partial charge in [0.25, 0.3) is 5.91 Å². The van der Waals surface area contributed by atoms with E-state index in [1.165, 1.54) is 31.4 Å². The molecule has 29 heavy (non-hydrogen) atoms. The Hall–Kier alpha value is -2.58. The summed E-state index contributed by atoms with van der Waals surface area (Å²) in [7, 11) is 1.46. The van der Waals surface area contributed by atoms with E-state index in [1.807, 2.05) is 0 Å². The quantitative estimate of drug-likeness (QED) is 0.721. The Morgan fingerprint density at radius 3 is 2.72 bits per heavy atom. The lowest BCUT2D eigenvalue weighted by Crippen LogP contribution is -2.34. The molecular weight excluding hydrogens is 416 g/mol. The number of fused-ring (bicyclic) bond motifs is 1. The Balaban J connectivity index is 1.98. The minimum absolute atomic E-state index is 0.0315. The average molecular weight is 437 g/mol. The van der Waals surface area contributed by atoms with Crippen LogP contribution in [0.5, 0.6) is 5.75 Å². The number of hydrogen-bond donors (Lipinski definition) is 1. The number of rotatable bonds is 5. The fourth-order valence-corrected chi connectivity index (χ4v) is 4.63. The normalized spacial score (nSPS) is 12.9. The molecule has 0 saturated carbocycles. The fraction of sp³-hybridized carbons (Fsp3) is 0.350. The maximum absolute atomic E-state index is 12.9. The molecule has 0 spiro atoms. The van der Waals surface area contributed by atoms with Crippen LogP contribution in [-0.4, -0.2) is 42.9 Å². The van der Waals surface area contributed by atoms with Gasteiger partial charge in [-0.05, 0) is 37.1 Å². The molecule has 2 amide bonds. The summed E-state index contributed by atoms with van der Waals surface area (Å²) in [4.78, 5) is 39.8. The molecule has 0 unspecified atom stereocenters. The van der Waals surface area contributed by atoms with Crippen LogP contribution in [0.1, 0.15) is 45.0 Å². The first-order valence-electron chi connectivity index (χ1n) is 9.07. The van der Waals surface area contributed by atoms with Crippen molar-refractivity contribution in [2.75, 3.05) is 25.6 Å². The number of hydrogen-bond acceptors (Lipinski definition) is 6. The molecule has 0 saturated heterocycles. The molecule has 1 aliphatic heterocycles. The summed E-state index contributed by atoms with van der Waals surface area (Å²) in [6.45, 7) is 4.37. The van der Waals surface area contributed by atoms with E-state index in [9.17, 15) is 14.4 Å². The van der Waals surface area contributed by atoms with Gasteiger partial charge in [0.1, 0.15) is 10.8 Å². The molecule has 1 aliphatic rings. The van der Waals surface area contributed by atoms with Gasteiger partial charge >= 0.3 is 5.97 Å². The van der Waals surface area contributed by atoms with Gasteiger partial charge in [0.15, 0.2) is 0 Å². The van der Waals surface area contributed by atoms with Gasteiger partial charge in [0.2, 0.25) is 5.91 Å². The Morgan fingerprint density at radius 2 is 2.07 bits per heavy atom. The van der Waals surface area contributed by atoms with Gasteiger partial charge in [-0.3, -0.25) is 9.59 Å². The second-order valence-corrected chi connectivity index (χ2v) is 7.96. The lowest BCUT2D eigenvalue weighted by Gasteiger charge is -2.25. The van der Waals surface area contributed by atoms with Gasteiger partial charge in [-0.1, -0.05) is 11.6 Å². The summed E-state index contributed by atoms with van der Waals surface area (Å²) in [5.41, 5.74) is 1.43. The summed E-state index contributed by atoms with van der Waals surface area (Å²) < 4.78 is 10.5. The largest absolute Gasteiger partial charge is 0.496 e. The molecular formula is C20H21ClN2O5S. The van der Waals surface area contributed by atoms with Crippen LogP contribution in [0.4, 0.5) is 5.00 Å². The van der Waals surface area contributed by atoms with Gasteiger partial charge in [0, 0.05) is 23.4 Å². The van der Waals surface area contributed by atoms with E-state index in [1.54, 1.807) is 24.0 Å². The number of esters is 1. The van der Waals surface area contributed by atoms with Crippen molar-refractivity contribution < 1.29 is 23.9 Å². The van der Waals surface area contributed by atoms with Crippen LogP contribution in [0, 0.1) is 0 Å². The van der Waals surface area contributed by atoms with Crippen LogP contribution < -0.4 is 10.1 Å². The third-order valence-electron chi connectivity index (χ3n) is 4.61. The van der Waals surface area contributed by atoms with Crippen molar-refractivity contribution in [1.29, 1.82) is 0 Å². The lowest BCUT2D eigenvalue weighted by atomic mass is 10.0. The summed E-state index contributed by atoms with van der Waals surface area (Å²) >= 11 is 7.30. The standard InChI is InChI=1S/C20H21ClN2O5S/c1-4-28-20(26)17-13-7-8-23(11(2)24)10-16(13)29-19(17)22-18(25)14-9-12(21)5-6-15(14)27-3/h5-6,9H,4,7-8,10H2,1-3H3,(H,22,25). The summed E-state index contributed by atoms with van der Waals surface area (Å²) in [6, 6.07) is 4.74. The van der Waals surface area contributed by atoms with E-state index in [-0.39, 0.29) is 18.1 Å². The monoisotopic (exact) mass is 436 g/mol. The molecule has 1 N–H and O–H groups in total. The molecule has 3 rings (SSSR count). The highest BCUT2D eigenvalue weighted by Gasteiger charge is 2.30. The van der Waals surface area contributed by atoms with Crippen LogP contribution in [0.3, 0.4) is 0 Å². The summed E-state index contributed by atoms with van der Waals surface area (Å²) in [5, 5.41) is 3.59. The van der Waals surface area contributed by atoms with Crippen molar-refractivity contribution in [3.8, 4) is 5.75 Å². The van der Waals surface area contributed by atoms with Crippen LogP contribution in [0.2, 0.25) is 5.02 Å². The van der Waals surface area contributed by atoms with Gasteiger partial charge in [-0.15, -0.1) is 11.3 Å². The molecule has 1 aromatic heterocycles. The van der Waals surface area contributed by atoms with E-state index in [2.05, 4.69) is 5.32 Å². The minimum Gasteiger partial charge on any atom is -0.496 e. The van der Waals surface area contributed by atoms with Crippen LogP contribution in [-0.2, 0) is 22.5 Å². The SMILES string of the molecule is CCOC(=O)c1c(NC(=O)c2cc(Cl)ccc2OC)sc2c1CCN(C(C)=O)C2. The smallest absolute Gasteiger partial charge is 0.341 e. The first kappa shape index (κ1) is 21.1. The van der Waals surface area contributed by atoms with Crippen molar-refractivity contribution >= 4 is 45.7 Å². The molecule has 1 aromatic carbocycles. The fourth-order valence-electron chi connectivity index (χ4n) is 3.21. The van der Waals surface area contributed by atoms with Crippen molar-refractivity contribution in [3.05, 3.63) is 44.8 Å². The number of carbonyl (C=O) groups excluding carboxylic acids is 3. The van der Waals surface area contributed by atoms with Crippen molar-refractivity contribution in [2.24, 2.45) is 0 Å². The summed E-state index contributed by atoms with van der Waals surface area (Å²) in [6.07, 6.45) is 0.524. The number of amides is 2. The first-order chi connectivity index (χ1) is 13.8. The molecule has 0 bridgehead atoms. The Labute approximate surface area is 177 Å². The van der Waals surface area contributed by atoms with E-state index in [0.29, 0.717) is 40.8 Å². The maximum atomic E-state index is 12.9. The number of thiophene rings is 1. The van der Waals surface area contributed by atoms with Gasteiger partial charge in [-0.25, -0.2) is 4.79 Å². The van der Waals surface area contributed by atoms with Crippen LogP contribution in [0.15, 0.2) is 18.2 Å². The van der Waals surface area contributed by atoms with Crippen molar-refractivity contribution in [1.82, 2.24) is 4.90 Å². The lowest BCUT2D eigenvalue weighted by molar-refractivity contribution is -0.129. The third kappa shape index (κ3) is 4.38. The number of nitrogens with zero attached hydrogens (tertiary/aromatic N) is 1.